The molecule has 4 rings (SSSR count). The summed E-state index contributed by atoms with van der Waals surface area (Å²) in [5, 5.41) is 8.86. The van der Waals surface area contributed by atoms with E-state index in [2.05, 4.69) is 35.9 Å². The number of fused-ring (bicyclic) bond motifs is 1. The van der Waals surface area contributed by atoms with Gasteiger partial charge in [0.25, 0.3) is 0 Å². The van der Waals surface area contributed by atoms with E-state index in [1.165, 1.54) is 11.1 Å². The predicted octanol–water partition coefficient (Wildman–Crippen LogP) is 3.66. The lowest BCUT2D eigenvalue weighted by atomic mass is 9.81. The molecular weight excluding hydrogens is 378 g/mol. The van der Waals surface area contributed by atoms with Gasteiger partial charge in [-0.25, -0.2) is 9.78 Å². The van der Waals surface area contributed by atoms with Crippen molar-refractivity contribution in [3.05, 3.63) is 58.3 Å². The van der Waals surface area contributed by atoms with Gasteiger partial charge in [-0.1, -0.05) is 13.0 Å². The number of hydrogen-bond donors (Lipinski definition) is 0. The number of hydrogen-bond acceptors (Lipinski definition) is 6. The van der Waals surface area contributed by atoms with Gasteiger partial charge in [0.15, 0.2) is 0 Å². The molecule has 0 bridgehead atoms. The molecule has 0 radical (unpaired) electrons. The number of cyclic esters (lactones) is 1. The zero-order valence-corrected chi connectivity index (χ0v) is 17.6. The molecule has 6 heteroatoms. The number of pyridine rings is 1. The number of nitriles is 1. The van der Waals surface area contributed by atoms with E-state index in [9.17, 15) is 4.79 Å². The number of benzene rings is 1. The molecule has 1 aromatic carbocycles. The van der Waals surface area contributed by atoms with Crippen LogP contribution in [0.4, 0.5) is 0 Å². The smallest absolute Gasteiger partial charge is 0.338 e. The van der Waals surface area contributed by atoms with Crippen LogP contribution in [0.25, 0.3) is 0 Å². The van der Waals surface area contributed by atoms with E-state index >= 15 is 0 Å². The highest BCUT2D eigenvalue weighted by Gasteiger charge is 2.31. The Kier molecular flexibility index (Phi) is 5.74. The molecular formula is C24H27N3O3. The normalized spacial score (nSPS) is 17.8. The topological polar surface area (TPSA) is 75.4 Å². The average molecular weight is 405 g/mol. The van der Waals surface area contributed by atoms with Crippen LogP contribution in [0.15, 0.2) is 30.5 Å². The molecule has 2 aromatic rings. The molecule has 0 saturated carbocycles. The number of carbonyl (C=O) groups excluding carboxylic acids is 1. The maximum absolute atomic E-state index is 11.7. The number of carbonyl (C=O) groups is 1. The van der Waals surface area contributed by atoms with Crippen LogP contribution in [0, 0.1) is 23.7 Å². The predicted molar refractivity (Wildman–Crippen MR) is 112 cm³/mol. The first-order valence-electron chi connectivity index (χ1n) is 10.5. The molecule has 0 amide bonds. The SMILES string of the molecule is Cc1c(CCN2CCC(C)(COc3ccc(C#N)cn3)CC2)ccc2c1COC2=O. The molecule has 1 aromatic heterocycles. The monoisotopic (exact) mass is 405 g/mol. The Morgan fingerprint density at radius 2 is 2.07 bits per heavy atom. The van der Waals surface area contributed by atoms with Gasteiger partial charge < -0.3 is 14.4 Å². The summed E-state index contributed by atoms with van der Waals surface area (Å²) in [5.41, 5.74) is 4.95. The lowest BCUT2D eigenvalue weighted by Crippen LogP contribution is -2.42. The van der Waals surface area contributed by atoms with Gasteiger partial charge in [0.1, 0.15) is 12.7 Å². The van der Waals surface area contributed by atoms with Gasteiger partial charge in [-0.15, -0.1) is 0 Å². The maximum atomic E-state index is 11.7. The molecule has 1 saturated heterocycles. The lowest BCUT2D eigenvalue weighted by molar-refractivity contribution is 0.0535. The van der Waals surface area contributed by atoms with E-state index in [-0.39, 0.29) is 11.4 Å². The molecule has 156 valence electrons. The van der Waals surface area contributed by atoms with E-state index < -0.39 is 0 Å². The van der Waals surface area contributed by atoms with Crippen molar-refractivity contribution in [3.8, 4) is 11.9 Å². The van der Waals surface area contributed by atoms with Gasteiger partial charge in [0, 0.05) is 29.8 Å². The zero-order valence-electron chi connectivity index (χ0n) is 17.6. The second-order valence-electron chi connectivity index (χ2n) is 8.64. The van der Waals surface area contributed by atoms with Crippen LogP contribution in [0.1, 0.15) is 52.4 Å². The summed E-state index contributed by atoms with van der Waals surface area (Å²) >= 11 is 0. The summed E-state index contributed by atoms with van der Waals surface area (Å²) in [7, 11) is 0. The van der Waals surface area contributed by atoms with Crippen molar-refractivity contribution < 1.29 is 14.3 Å². The van der Waals surface area contributed by atoms with Gasteiger partial charge >= 0.3 is 5.97 Å². The minimum absolute atomic E-state index is 0.132. The first kappa shape index (κ1) is 20.4. The minimum Gasteiger partial charge on any atom is -0.477 e. The molecule has 0 aliphatic carbocycles. The Labute approximate surface area is 177 Å². The number of ether oxygens (including phenoxy) is 2. The van der Waals surface area contributed by atoms with Crippen LogP contribution in [0.3, 0.4) is 0 Å². The van der Waals surface area contributed by atoms with E-state index in [1.807, 2.05) is 6.07 Å². The largest absolute Gasteiger partial charge is 0.477 e. The van der Waals surface area contributed by atoms with Gasteiger partial charge in [-0.3, -0.25) is 0 Å². The van der Waals surface area contributed by atoms with Crippen LogP contribution in [-0.4, -0.2) is 42.1 Å². The third-order valence-electron chi connectivity index (χ3n) is 6.47. The van der Waals surface area contributed by atoms with Gasteiger partial charge in [-0.2, -0.15) is 5.26 Å². The molecule has 0 atom stereocenters. The first-order valence-corrected chi connectivity index (χ1v) is 10.5. The Balaban J connectivity index is 1.26. The van der Waals surface area contributed by atoms with Gasteiger partial charge in [0.2, 0.25) is 5.88 Å². The third-order valence-corrected chi connectivity index (χ3v) is 6.47. The van der Waals surface area contributed by atoms with Crippen LogP contribution in [0.2, 0.25) is 0 Å². The summed E-state index contributed by atoms with van der Waals surface area (Å²) in [6, 6.07) is 9.55. The molecule has 0 unspecified atom stereocenters. The molecule has 0 N–H and O–H groups in total. The number of esters is 1. The molecule has 0 spiro atoms. The average Bonchev–Trinajstić information content (AvgIpc) is 3.15. The molecule has 30 heavy (non-hydrogen) atoms. The number of nitrogens with zero attached hydrogens (tertiary/aromatic N) is 3. The van der Waals surface area contributed by atoms with Crippen molar-refractivity contribution in [3.63, 3.8) is 0 Å². The van der Waals surface area contributed by atoms with Crippen LogP contribution >= 0.6 is 0 Å². The van der Waals surface area contributed by atoms with E-state index in [1.54, 1.807) is 18.3 Å². The van der Waals surface area contributed by atoms with E-state index in [4.69, 9.17) is 14.7 Å². The van der Waals surface area contributed by atoms with E-state index in [0.29, 0.717) is 24.7 Å². The first-order chi connectivity index (χ1) is 14.5. The minimum atomic E-state index is -0.201. The fourth-order valence-electron chi connectivity index (χ4n) is 4.19. The maximum Gasteiger partial charge on any atom is 0.338 e. The molecule has 6 nitrogen and oxygen atoms in total. The van der Waals surface area contributed by atoms with E-state index in [0.717, 1.165) is 50.0 Å². The second-order valence-corrected chi connectivity index (χ2v) is 8.64. The number of likely N-dealkylation sites (tertiary alicyclic amines) is 1. The highest BCUT2D eigenvalue weighted by atomic mass is 16.5. The zero-order chi connectivity index (χ0) is 21.1. The van der Waals surface area contributed by atoms with Crippen LogP contribution in [0.5, 0.6) is 5.88 Å². The van der Waals surface area contributed by atoms with Crippen molar-refractivity contribution in [2.45, 2.75) is 39.7 Å². The summed E-state index contributed by atoms with van der Waals surface area (Å²) in [6.45, 7) is 8.52. The Morgan fingerprint density at radius 3 is 2.77 bits per heavy atom. The Morgan fingerprint density at radius 1 is 1.27 bits per heavy atom. The summed E-state index contributed by atoms with van der Waals surface area (Å²) in [6.07, 6.45) is 4.68. The van der Waals surface area contributed by atoms with Crippen molar-refractivity contribution in [2.24, 2.45) is 5.41 Å². The molecule has 2 aliphatic rings. The van der Waals surface area contributed by atoms with Gasteiger partial charge in [0.05, 0.1) is 17.7 Å². The van der Waals surface area contributed by atoms with Crippen LogP contribution in [-0.2, 0) is 17.8 Å². The number of rotatable bonds is 6. The second kappa shape index (κ2) is 8.45. The lowest BCUT2D eigenvalue weighted by Gasteiger charge is -2.39. The highest BCUT2D eigenvalue weighted by Crippen LogP contribution is 2.32. The quantitative estimate of drug-likeness (QED) is 0.683. The Bertz CT molecular complexity index is 970. The van der Waals surface area contributed by atoms with Crippen molar-refractivity contribution >= 4 is 5.97 Å². The number of aromatic nitrogens is 1. The highest BCUT2D eigenvalue weighted by molar-refractivity contribution is 5.93. The fraction of sp³-hybridized carbons (Fsp3) is 0.458. The van der Waals surface area contributed by atoms with Crippen LogP contribution < -0.4 is 4.74 Å². The van der Waals surface area contributed by atoms with Crippen molar-refractivity contribution in [1.29, 1.82) is 5.26 Å². The molecule has 2 aliphatic heterocycles. The van der Waals surface area contributed by atoms with Crippen molar-refractivity contribution in [1.82, 2.24) is 9.88 Å². The van der Waals surface area contributed by atoms with Gasteiger partial charge in [-0.05, 0) is 62.5 Å². The molecule has 1 fully saturated rings. The number of piperidine rings is 1. The third kappa shape index (κ3) is 4.31. The Hall–Kier alpha value is -2.91. The summed E-state index contributed by atoms with van der Waals surface area (Å²) < 4.78 is 11.1. The van der Waals surface area contributed by atoms with Crippen molar-refractivity contribution in [2.75, 3.05) is 26.2 Å². The standard InChI is InChI=1S/C24H27N3O3/c1-17-19(4-5-20-21(17)15-29-23(20)28)7-10-27-11-8-24(2,9-12-27)16-30-22-6-3-18(13-25)14-26-22/h3-6,14H,7-12,15-16H2,1-2H3. The fourth-order valence-corrected chi connectivity index (χ4v) is 4.19. The molecule has 3 heterocycles. The summed E-state index contributed by atoms with van der Waals surface area (Å²) in [4.78, 5) is 18.4. The summed E-state index contributed by atoms with van der Waals surface area (Å²) in [5.74, 6) is 0.376.